The van der Waals surface area contributed by atoms with Crippen molar-refractivity contribution in [3.63, 3.8) is 0 Å². The molecule has 0 saturated heterocycles. The lowest BCUT2D eigenvalue weighted by atomic mass is 10.2. The Labute approximate surface area is 154 Å². The van der Waals surface area contributed by atoms with E-state index in [0.717, 1.165) is 15.6 Å². The number of carbonyl (C=O) groups excluding carboxylic acids is 2. The second-order valence-electron chi connectivity index (χ2n) is 5.23. The maximum atomic E-state index is 11.8. The fourth-order valence-electron chi connectivity index (χ4n) is 2.01. The average molecular weight is 404 g/mol. The number of nitrogens with one attached hydrogen (secondary N) is 1. The lowest BCUT2D eigenvalue weighted by Gasteiger charge is -2.07. The second-order valence-corrected chi connectivity index (χ2v) is 6.08. The summed E-state index contributed by atoms with van der Waals surface area (Å²) < 4.78 is 11.0. The van der Waals surface area contributed by atoms with Crippen molar-refractivity contribution in [1.29, 1.82) is 0 Å². The molecule has 25 heavy (non-hydrogen) atoms. The Balaban J connectivity index is 1.83. The molecule has 2 aromatic rings. The van der Waals surface area contributed by atoms with Crippen LogP contribution in [0.15, 0.2) is 53.0 Å². The molecule has 0 aliphatic carbocycles. The van der Waals surface area contributed by atoms with Crippen LogP contribution in [0, 0.1) is 6.92 Å². The number of halogens is 1. The Morgan fingerprint density at radius 2 is 2.00 bits per heavy atom. The van der Waals surface area contributed by atoms with Crippen molar-refractivity contribution in [2.45, 2.75) is 6.92 Å². The molecule has 0 aliphatic heterocycles. The number of hydrogen-bond acceptors (Lipinski definition) is 4. The van der Waals surface area contributed by atoms with Gasteiger partial charge in [0.2, 0.25) is 0 Å². The number of rotatable bonds is 6. The van der Waals surface area contributed by atoms with Crippen LogP contribution in [0.4, 0.5) is 5.69 Å². The van der Waals surface area contributed by atoms with E-state index in [4.69, 9.17) is 9.47 Å². The normalized spacial score (nSPS) is 10.5. The zero-order valence-electron chi connectivity index (χ0n) is 13.9. The van der Waals surface area contributed by atoms with Crippen molar-refractivity contribution in [2.75, 3.05) is 19.0 Å². The molecule has 1 N–H and O–H groups in total. The van der Waals surface area contributed by atoms with E-state index in [9.17, 15) is 9.59 Å². The van der Waals surface area contributed by atoms with Gasteiger partial charge in [-0.05, 0) is 54.5 Å². The van der Waals surface area contributed by atoms with Crippen LogP contribution in [-0.2, 0) is 14.3 Å². The van der Waals surface area contributed by atoms with E-state index in [1.54, 1.807) is 25.3 Å². The third kappa shape index (κ3) is 6.08. The highest BCUT2D eigenvalue weighted by molar-refractivity contribution is 9.10. The van der Waals surface area contributed by atoms with Crippen LogP contribution in [0.2, 0.25) is 0 Å². The quantitative estimate of drug-likeness (QED) is 0.585. The molecule has 0 aromatic heterocycles. The number of anilines is 1. The first kappa shape index (κ1) is 18.7. The number of carbonyl (C=O) groups is 2. The number of ether oxygens (including phenoxy) is 2. The Morgan fingerprint density at radius 1 is 1.20 bits per heavy atom. The topological polar surface area (TPSA) is 64.6 Å². The molecule has 0 saturated carbocycles. The van der Waals surface area contributed by atoms with Gasteiger partial charge in [-0.3, -0.25) is 4.79 Å². The predicted molar refractivity (Wildman–Crippen MR) is 100 cm³/mol. The third-order valence-corrected chi connectivity index (χ3v) is 4.18. The molecular formula is C19H18BrNO4. The number of esters is 1. The van der Waals surface area contributed by atoms with Gasteiger partial charge in [-0.2, -0.15) is 0 Å². The largest absolute Gasteiger partial charge is 0.497 e. The molecule has 0 atom stereocenters. The molecule has 130 valence electrons. The van der Waals surface area contributed by atoms with Gasteiger partial charge in [0.05, 0.1) is 7.11 Å². The molecule has 1 amide bonds. The Kier molecular flexibility index (Phi) is 6.77. The van der Waals surface area contributed by atoms with Gasteiger partial charge in [0.15, 0.2) is 6.61 Å². The second kappa shape index (κ2) is 9.03. The molecular weight excluding hydrogens is 386 g/mol. The highest BCUT2D eigenvalue weighted by Crippen LogP contribution is 2.20. The number of amides is 1. The SMILES string of the molecule is COc1cccc(C=CC(=O)OCC(=O)Nc2ccc(Br)c(C)c2)c1. The van der Waals surface area contributed by atoms with E-state index in [1.807, 2.05) is 37.3 Å². The summed E-state index contributed by atoms with van der Waals surface area (Å²) in [4.78, 5) is 23.5. The fraction of sp³-hybridized carbons (Fsp3) is 0.158. The monoisotopic (exact) mass is 403 g/mol. The van der Waals surface area contributed by atoms with Crippen LogP contribution < -0.4 is 10.1 Å². The number of methoxy groups -OCH3 is 1. The summed E-state index contributed by atoms with van der Waals surface area (Å²) >= 11 is 3.39. The van der Waals surface area contributed by atoms with Crippen molar-refractivity contribution in [1.82, 2.24) is 0 Å². The number of benzene rings is 2. The average Bonchev–Trinajstić information content (AvgIpc) is 2.61. The van der Waals surface area contributed by atoms with Gasteiger partial charge in [0.1, 0.15) is 5.75 Å². The van der Waals surface area contributed by atoms with Crippen LogP contribution in [0.1, 0.15) is 11.1 Å². The molecule has 6 heteroatoms. The molecule has 0 spiro atoms. The van der Waals surface area contributed by atoms with Gasteiger partial charge >= 0.3 is 5.97 Å². The van der Waals surface area contributed by atoms with Gasteiger partial charge in [-0.1, -0.05) is 28.1 Å². The predicted octanol–water partition coefficient (Wildman–Crippen LogP) is 3.96. The molecule has 0 radical (unpaired) electrons. The lowest BCUT2D eigenvalue weighted by molar-refractivity contribution is -0.142. The molecule has 2 aromatic carbocycles. The Hall–Kier alpha value is -2.60. The molecule has 0 heterocycles. The maximum Gasteiger partial charge on any atom is 0.331 e. The van der Waals surface area contributed by atoms with Crippen molar-refractivity contribution in [3.8, 4) is 5.75 Å². The summed E-state index contributed by atoms with van der Waals surface area (Å²) in [6.45, 7) is 1.57. The van der Waals surface area contributed by atoms with Gasteiger partial charge < -0.3 is 14.8 Å². The summed E-state index contributed by atoms with van der Waals surface area (Å²) in [5.41, 5.74) is 2.44. The summed E-state index contributed by atoms with van der Waals surface area (Å²) in [7, 11) is 1.57. The standard InChI is InChI=1S/C19H18BrNO4/c1-13-10-15(7-8-17(13)20)21-18(22)12-25-19(23)9-6-14-4-3-5-16(11-14)24-2/h3-11H,12H2,1-2H3,(H,21,22). The molecule has 0 fully saturated rings. The van der Waals surface area contributed by atoms with E-state index >= 15 is 0 Å². The number of aryl methyl sites for hydroxylation is 1. The van der Waals surface area contributed by atoms with Gasteiger partial charge in [0, 0.05) is 16.2 Å². The number of hydrogen-bond donors (Lipinski definition) is 1. The summed E-state index contributed by atoms with van der Waals surface area (Å²) in [5, 5.41) is 2.68. The first-order valence-corrected chi connectivity index (χ1v) is 8.32. The summed E-state index contributed by atoms with van der Waals surface area (Å²) in [5.74, 6) is -0.297. The molecule has 2 rings (SSSR count). The van der Waals surface area contributed by atoms with Crippen LogP contribution in [-0.4, -0.2) is 25.6 Å². The van der Waals surface area contributed by atoms with Gasteiger partial charge in [0.25, 0.3) is 5.91 Å². The first-order chi connectivity index (χ1) is 12.0. The van der Waals surface area contributed by atoms with Crippen molar-refractivity contribution in [2.24, 2.45) is 0 Å². The molecule has 5 nitrogen and oxygen atoms in total. The molecule has 0 bridgehead atoms. The maximum absolute atomic E-state index is 11.8. The Morgan fingerprint density at radius 3 is 2.72 bits per heavy atom. The fourth-order valence-corrected chi connectivity index (χ4v) is 2.26. The minimum atomic E-state index is -0.593. The van der Waals surface area contributed by atoms with E-state index in [2.05, 4.69) is 21.2 Å². The highest BCUT2D eigenvalue weighted by Gasteiger charge is 2.06. The van der Waals surface area contributed by atoms with Crippen molar-refractivity contribution < 1.29 is 19.1 Å². The first-order valence-electron chi connectivity index (χ1n) is 7.53. The minimum absolute atomic E-state index is 0.351. The van der Waals surface area contributed by atoms with E-state index in [1.165, 1.54) is 6.08 Å². The van der Waals surface area contributed by atoms with Gasteiger partial charge in [-0.15, -0.1) is 0 Å². The molecule has 0 aliphatic rings. The van der Waals surface area contributed by atoms with Crippen LogP contribution in [0.25, 0.3) is 6.08 Å². The van der Waals surface area contributed by atoms with Crippen molar-refractivity contribution >= 4 is 39.6 Å². The van der Waals surface area contributed by atoms with Crippen molar-refractivity contribution in [3.05, 3.63) is 64.1 Å². The van der Waals surface area contributed by atoms with Crippen LogP contribution >= 0.6 is 15.9 Å². The highest BCUT2D eigenvalue weighted by atomic mass is 79.9. The van der Waals surface area contributed by atoms with Gasteiger partial charge in [-0.25, -0.2) is 4.79 Å². The molecule has 0 unspecified atom stereocenters. The zero-order chi connectivity index (χ0) is 18.2. The third-order valence-electron chi connectivity index (χ3n) is 3.29. The van der Waals surface area contributed by atoms with Crippen LogP contribution in [0.3, 0.4) is 0 Å². The minimum Gasteiger partial charge on any atom is -0.497 e. The Bertz CT molecular complexity index is 802. The summed E-state index contributed by atoms with van der Waals surface area (Å²) in [6, 6.07) is 12.7. The zero-order valence-corrected chi connectivity index (χ0v) is 15.5. The lowest BCUT2D eigenvalue weighted by Crippen LogP contribution is -2.20. The summed E-state index contributed by atoms with van der Waals surface area (Å²) in [6.07, 6.45) is 2.87. The smallest absolute Gasteiger partial charge is 0.331 e. The van der Waals surface area contributed by atoms with E-state index in [-0.39, 0.29) is 6.61 Å². The van der Waals surface area contributed by atoms with E-state index < -0.39 is 11.9 Å². The van der Waals surface area contributed by atoms with E-state index in [0.29, 0.717) is 11.4 Å². The van der Waals surface area contributed by atoms with Crippen LogP contribution in [0.5, 0.6) is 5.75 Å².